The Morgan fingerprint density at radius 3 is 2.41 bits per heavy atom. The van der Waals surface area contributed by atoms with E-state index in [4.69, 9.17) is 4.74 Å². The van der Waals surface area contributed by atoms with Crippen molar-refractivity contribution in [3.05, 3.63) is 0 Å². The molecule has 0 radical (unpaired) electrons. The molecular formula is C17H29ClN2O2. The number of piperidine rings is 1. The van der Waals surface area contributed by atoms with Gasteiger partial charge in [0.25, 0.3) is 0 Å². The lowest BCUT2D eigenvalue weighted by Gasteiger charge is -2.48. The summed E-state index contributed by atoms with van der Waals surface area (Å²) in [6.45, 7) is 3.84. The van der Waals surface area contributed by atoms with Crippen LogP contribution in [0.15, 0.2) is 0 Å². The number of cyclic esters (lactones) is 1. The number of amides is 1. The first-order chi connectivity index (χ1) is 10.2. The predicted octanol–water partition coefficient (Wildman–Crippen LogP) is 3.34. The van der Waals surface area contributed by atoms with Crippen LogP contribution >= 0.6 is 12.4 Å². The molecule has 0 aromatic heterocycles. The predicted molar refractivity (Wildman–Crippen MR) is 88.4 cm³/mol. The van der Waals surface area contributed by atoms with Crippen molar-refractivity contribution in [3.63, 3.8) is 0 Å². The van der Waals surface area contributed by atoms with Crippen LogP contribution in [0.5, 0.6) is 0 Å². The number of nitrogens with zero attached hydrogens (tertiary/aromatic N) is 1. The summed E-state index contributed by atoms with van der Waals surface area (Å²) in [5.74, 6) is 0.817. The number of ether oxygens (including phenoxy) is 1. The summed E-state index contributed by atoms with van der Waals surface area (Å²) in [4.78, 5) is 14.3. The summed E-state index contributed by atoms with van der Waals surface area (Å²) in [7, 11) is 0. The quantitative estimate of drug-likeness (QED) is 0.864. The smallest absolute Gasteiger partial charge is 0.410 e. The fraction of sp³-hybridized carbons (Fsp3) is 0.941. The topological polar surface area (TPSA) is 41.6 Å². The zero-order chi connectivity index (χ0) is 14.3. The van der Waals surface area contributed by atoms with Gasteiger partial charge in [0.05, 0.1) is 5.54 Å². The molecule has 4 aliphatic rings. The van der Waals surface area contributed by atoms with Crippen molar-refractivity contribution in [2.24, 2.45) is 11.3 Å². The molecule has 2 saturated carbocycles. The van der Waals surface area contributed by atoms with Gasteiger partial charge < -0.3 is 10.1 Å². The molecule has 2 aliphatic carbocycles. The summed E-state index contributed by atoms with van der Waals surface area (Å²) >= 11 is 0. The lowest BCUT2D eigenvalue weighted by Crippen LogP contribution is -2.52. The first-order valence-corrected chi connectivity index (χ1v) is 8.89. The molecule has 0 unspecified atom stereocenters. The SMILES string of the molecule is Cl.O=C1OCC2(CC2)N1CC1(C2CCCCC2)CCNCC1. The van der Waals surface area contributed by atoms with E-state index in [0.717, 1.165) is 38.4 Å². The third-order valence-electron chi connectivity index (χ3n) is 6.63. The molecule has 2 aliphatic heterocycles. The molecule has 0 bridgehead atoms. The zero-order valence-electron chi connectivity index (χ0n) is 13.4. The van der Waals surface area contributed by atoms with Crippen molar-refractivity contribution >= 4 is 18.5 Å². The molecule has 0 atom stereocenters. The van der Waals surface area contributed by atoms with E-state index in [1.807, 2.05) is 0 Å². The van der Waals surface area contributed by atoms with Crippen LogP contribution in [0.3, 0.4) is 0 Å². The monoisotopic (exact) mass is 328 g/mol. The van der Waals surface area contributed by atoms with E-state index in [9.17, 15) is 4.79 Å². The third kappa shape index (κ3) is 2.73. The normalized spacial score (nSPS) is 30.0. The van der Waals surface area contributed by atoms with Gasteiger partial charge in [0.15, 0.2) is 0 Å². The van der Waals surface area contributed by atoms with Gasteiger partial charge in [-0.05, 0) is 62.9 Å². The number of hydrogen-bond acceptors (Lipinski definition) is 3. The van der Waals surface area contributed by atoms with Crippen LogP contribution in [-0.2, 0) is 4.74 Å². The number of hydrogen-bond donors (Lipinski definition) is 1. The van der Waals surface area contributed by atoms with Crippen LogP contribution in [0.2, 0.25) is 0 Å². The number of carbonyl (C=O) groups excluding carboxylic acids is 1. The average molecular weight is 329 g/mol. The molecule has 5 heteroatoms. The highest BCUT2D eigenvalue weighted by molar-refractivity contribution is 5.85. The van der Waals surface area contributed by atoms with Crippen molar-refractivity contribution < 1.29 is 9.53 Å². The molecule has 2 saturated heterocycles. The van der Waals surface area contributed by atoms with Gasteiger partial charge in [0, 0.05) is 6.54 Å². The lowest BCUT2D eigenvalue weighted by atomic mass is 9.63. The average Bonchev–Trinajstić information content (AvgIpc) is 3.27. The Labute approximate surface area is 139 Å². The highest BCUT2D eigenvalue weighted by Crippen LogP contribution is 2.51. The van der Waals surface area contributed by atoms with Crippen LogP contribution in [0.4, 0.5) is 4.79 Å². The second kappa shape index (κ2) is 6.20. The Bertz CT molecular complexity index is 413. The molecule has 1 amide bonds. The van der Waals surface area contributed by atoms with Crippen LogP contribution in [0.25, 0.3) is 0 Å². The van der Waals surface area contributed by atoms with Crippen molar-refractivity contribution in [2.75, 3.05) is 26.2 Å². The van der Waals surface area contributed by atoms with Gasteiger partial charge in [0.1, 0.15) is 6.61 Å². The fourth-order valence-corrected chi connectivity index (χ4v) is 4.99. The molecule has 1 spiro atoms. The van der Waals surface area contributed by atoms with Gasteiger partial charge in [-0.3, -0.25) is 4.90 Å². The van der Waals surface area contributed by atoms with Crippen molar-refractivity contribution in [2.45, 2.75) is 63.3 Å². The second-order valence-corrected chi connectivity index (χ2v) is 7.81. The largest absolute Gasteiger partial charge is 0.447 e. The van der Waals surface area contributed by atoms with Crippen LogP contribution in [0.1, 0.15) is 57.8 Å². The molecule has 126 valence electrons. The van der Waals surface area contributed by atoms with Gasteiger partial charge in [0.2, 0.25) is 0 Å². The maximum absolute atomic E-state index is 12.2. The van der Waals surface area contributed by atoms with Gasteiger partial charge in [-0.25, -0.2) is 4.79 Å². The third-order valence-corrected chi connectivity index (χ3v) is 6.63. The molecular weight excluding hydrogens is 300 g/mol. The Kier molecular flexibility index (Phi) is 4.61. The zero-order valence-corrected chi connectivity index (χ0v) is 14.3. The second-order valence-electron chi connectivity index (χ2n) is 7.81. The van der Waals surface area contributed by atoms with E-state index in [0.29, 0.717) is 12.0 Å². The Morgan fingerprint density at radius 2 is 1.77 bits per heavy atom. The minimum Gasteiger partial charge on any atom is -0.447 e. The molecule has 4 nitrogen and oxygen atoms in total. The van der Waals surface area contributed by atoms with E-state index in [-0.39, 0.29) is 24.0 Å². The maximum atomic E-state index is 12.2. The minimum atomic E-state index is -0.0405. The summed E-state index contributed by atoms with van der Waals surface area (Å²) in [6.07, 6.45) is 11.6. The van der Waals surface area contributed by atoms with Gasteiger partial charge in [-0.1, -0.05) is 19.3 Å². The maximum Gasteiger partial charge on any atom is 0.410 e. The van der Waals surface area contributed by atoms with E-state index in [1.165, 1.54) is 44.9 Å². The number of nitrogens with one attached hydrogen (secondary N) is 1. The summed E-state index contributed by atoms with van der Waals surface area (Å²) in [5, 5.41) is 3.52. The van der Waals surface area contributed by atoms with Crippen LogP contribution < -0.4 is 5.32 Å². The number of rotatable bonds is 3. The first-order valence-electron chi connectivity index (χ1n) is 8.89. The van der Waals surface area contributed by atoms with E-state index in [2.05, 4.69) is 10.2 Å². The molecule has 22 heavy (non-hydrogen) atoms. The fourth-order valence-electron chi connectivity index (χ4n) is 4.99. The lowest BCUT2D eigenvalue weighted by molar-refractivity contribution is 0.0336. The summed E-state index contributed by atoms with van der Waals surface area (Å²) < 4.78 is 5.39. The number of carbonyl (C=O) groups is 1. The Balaban J connectivity index is 0.00000144. The first kappa shape index (κ1) is 16.4. The Morgan fingerprint density at radius 1 is 1.09 bits per heavy atom. The van der Waals surface area contributed by atoms with Gasteiger partial charge in [-0.2, -0.15) is 0 Å². The van der Waals surface area contributed by atoms with Crippen LogP contribution in [-0.4, -0.2) is 42.8 Å². The van der Waals surface area contributed by atoms with Crippen molar-refractivity contribution in [1.29, 1.82) is 0 Å². The molecule has 1 N–H and O–H groups in total. The van der Waals surface area contributed by atoms with Gasteiger partial charge in [-0.15, -0.1) is 12.4 Å². The standard InChI is InChI=1S/C17H28N2O2.ClH/c20-15-19(17(6-7-17)13-21-15)12-16(8-10-18-11-9-16)14-4-2-1-3-5-14;/h14,18H,1-13H2;1H. The summed E-state index contributed by atoms with van der Waals surface area (Å²) in [5.41, 5.74) is 0.453. The number of halogens is 1. The van der Waals surface area contributed by atoms with E-state index >= 15 is 0 Å². The molecule has 4 fully saturated rings. The van der Waals surface area contributed by atoms with Gasteiger partial charge >= 0.3 is 6.09 Å². The van der Waals surface area contributed by atoms with E-state index < -0.39 is 0 Å². The van der Waals surface area contributed by atoms with E-state index in [1.54, 1.807) is 0 Å². The highest BCUT2D eigenvalue weighted by Gasteiger charge is 2.58. The van der Waals surface area contributed by atoms with Crippen LogP contribution in [0, 0.1) is 11.3 Å². The molecule has 0 aromatic carbocycles. The van der Waals surface area contributed by atoms with Crippen molar-refractivity contribution in [3.8, 4) is 0 Å². The molecule has 2 heterocycles. The van der Waals surface area contributed by atoms with Crippen molar-refractivity contribution in [1.82, 2.24) is 10.2 Å². The Hall–Kier alpha value is -0.480. The molecule has 4 rings (SSSR count). The highest BCUT2D eigenvalue weighted by atomic mass is 35.5. The minimum absolute atomic E-state index is 0. The summed E-state index contributed by atoms with van der Waals surface area (Å²) in [6, 6.07) is 0. The molecule has 0 aromatic rings.